The lowest BCUT2D eigenvalue weighted by atomic mass is 9.94. The first kappa shape index (κ1) is 34.1. The number of fused-ring (bicyclic) bond motifs is 1. The lowest BCUT2D eigenvalue weighted by Gasteiger charge is -2.17. The number of hydrogen-bond acceptors (Lipinski definition) is 6. The third kappa shape index (κ3) is 9.48. The van der Waals surface area contributed by atoms with Crippen LogP contribution in [0, 0.1) is 6.92 Å². The van der Waals surface area contributed by atoms with Gasteiger partial charge in [0.25, 0.3) is 0 Å². The molecule has 42 heavy (non-hydrogen) atoms. The van der Waals surface area contributed by atoms with Crippen LogP contribution in [0.4, 0.5) is 5.82 Å². The molecular weight excluding hydrogens is 544 g/mol. The summed E-state index contributed by atoms with van der Waals surface area (Å²) in [5.41, 5.74) is 6.68. The number of aromatic nitrogens is 2. The Labute approximate surface area is 254 Å². The average Bonchev–Trinajstić information content (AvgIpc) is 3.02. The normalized spacial score (nSPS) is 10.3. The smallest absolute Gasteiger partial charge is 0.140 e. The summed E-state index contributed by atoms with van der Waals surface area (Å²) in [6, 6.07) is 29.1. The molecule has 0 fully saturated rings. The molecule has 6 nitrogen and oxygen atoms in total. The summed E-state index contributed by atoms with van der Waals surface area (Å²) in [4.78, 5) is 17.2. The number of nitrogens with zero attached hydrogens (tertiary/aromatic N) is 2. The van der Waals surface area contributed by atoms with Crippen LogP contribution in [0.25, 0.3) is 33.0 Å². The number of aliphatic hydroxyl groups excluding tert-OH is 1. The molecule has 0 amide bonds. The van der Waals surface area contributed by atoms with Crippen LogP contribution in [0.5, 0.6) is 0 Å². The third-order valence-corrected chi connectivity index (χ3v) is 6.56. The largest absolute Gasteiger partial charge is 0.400 e. The summed E-state index contributed by atoms with van der Waals surface area (Å²) in [5.74, 6) is 0.776. The Morgan fingerprint density at radius 1 is 0.857 bits per heavy atom. The van der Waals surface area contributed by atoms with Crippen molar-refractivity contribution in [1.82, 2.24) is 15.3 Å². The minimum absolute atomic E-state index is 0.292. The highest BCUT2D eigenvalue weighted by molar-refractivity contribution is 6.34. The molecule has 2 aromatic heterocycles. The molecule has 0 radical (unpaired) electrons. The van der Waals surface area contributed by atoms with Crippen LogP contribution >= 0.6 is 11.6 Å². The molecule has 2 heterocycles. The monoisotopic (exact) mass is 584 g/mol. The second-order valence-electron chi connectivity index (χ2n) is 10.3. The predicted molar refractivity (Wildman–Crippen MR) is 178 cm³/mol. The Morgan fingerprint density at radius 2 is 1.45 bits per heavy atom. The first-order chi connectivity index (χ1) is 20.3. The van der Waals surface area contributed by atoms with Gasteiger partial charge in [0.15, 0.2) is 0 Å². The Hall–Kier alpha value is -4.10. The number of anilines is 1. The number of nitrogens with one attached hydrogen (secondary N) is 2. The van der Waals surface area contributed by atoms with E-state index in [0.717, 1.165) is 51.5 Å². The molecule has 0 saturated carbocycles. The van der Waals surface area contributed by atoms with Gasteiger partial charge in [-0.2, -0.15) is 0 Å². The Balaban J connectivity index is 0.000000543. The summed E-state index contributed by atoms with van der Waals surface area (Å²) in [5, 5.41) is 16.2. The zero-order valence-corrected chi connectivity index (χ0v) is 26.0. The highest BCUT2D eigenvalue weighted by Gasteiger charge is 2.18. The van der Waals surface area contributed by atoms with E-state index in [-0.39, 0.29) is 0 Å². The van der Waals surface area contributed by atoms with Crippen LogP contribution in [0.2, 0.25) is 5.15 Å². The molecule has 0 unspecified atom stereocenters. The van der Waals surface area contributed by atoms with E-state index < -0.39 is 0 Å². The minimum atomic E-state index is 0.292. The number of carbonyl (C=O) groups is 1. The maximum Gasteiger partial charge on any atom is 0.140 e. The highest BCUT2D eigenvalue weighted by Crippen LogP contribution is 2.41. The van der Waals surface area contributed by atoms with Gasteiger partial charge in [0.1, 0.15) is 17.8 Å². The van der Waals surface area contributed by atoms with E-state index in [9.17, 15) is 0 Å². The van der Waals surface area contributed by atoms with Gasteiger partial charge in [-0.1, -0.05) is 90.5 Å². The SMILES string of the molecule is C=O.CNC(C)(C)C.CO.Cc1cncc(-c2c(Cl)nc(NCc3ccccc3)c3c(-c4ccccc4)cccc23)c1. The zero-order chi connectivity index (χ0) is 31.1. The van der Waals surface area contributed by atoms with Crippen LogP contribution in [0.1, 0.15) is 31.9 Å². The lowest BCUT2D eigenvalue weighted by Crippen LogP contribution is -2.31. The molecule has 0 saturated heterocycles. The van der Waals surface area contributed by atoms with E-state index in [1.807, 2.05) is 57.4 Å². The second-order valence-corrected chi connectivity index (χ2v) is 10.7. The maximum atomic E-state index is 8.00. The number of aliphatic hydroxyl groups is 1. The number of halogens is 1. The van der Waals surface area contributed by atoms with Crippen molar-refractivity contribution < 1.29 is 9.90 Å². The van der Waals surface area contributed by atoms with Gasteiger partial charge < -0.3 is 20.5 Å². The van der Waals surface area contributed by atoms with E-state index in [1.165, 1.54) is 5.56 Å². The topological polar surface area (TPSA) is 87.1 Å². The van der Waals surface area contributed by atoms with Gasteiger partial charge >= 0.3 is 0 Å². The molecule has 5 aromatic rings. The van der Waals surface area contributed by atoms with Crippen LogP contribution < -0.4 is 10.6 Å². The van der Waals surface area contributed by atoms with Crippen LogP contribution in [-0.2, 0) is 11.3 Å². The molecule has 0 atom stereocenters. The molecule has 3 aromatic carbocycles. The van der Waals surface area contributed by atoms with Crippen molar-refractivity contribution >= 4 is 35.0 Å². The molecule has 7 heteroatoms. The lowest BCUT2D eigenvalue weighted by molar-refractivity contribution is -0.0980. The first-order valence-corrected chi connectivity index (χ1v) is 13.9. The number of benzene rings is 3. The molecule has 0 bridgehead atoms. The molecule has 3 N–H and O–H groups in total. The first-order valence-electron chi connectivity index (χ1n) is 13.6. The van der Waals surface area contributed by atoms with Crippen molar-refractivity contribution in [1.29, 1.82) is 0 Å². The second kappa shape index (κ2) is 17.0. The van der Waals surface area contributed by atoms with Gasteiger partial charge in [0.2, 0.25) is 0 Å². The maximum absolute atomic E-state index is 8.00. The van der Waals surface area contributed by atoms with Crippen LogP contribution in [-0.4, -0.2) is 41.6 Å². The number of hydrogen-bond donors (Lipinski definition) is 3. The number of rotatable bonds is 5. The van der Waals surface area contributed by atoms with Gasteiger partial charge in [0.05, 0.1) is 0 Å². The van der Waals surface area contributed by atoms with E-state index in [0.29, 0.717) is 17.2 Å². The average molecular weight is 585 g/mol. The molecule has 0 aliphatic carbocycles. The van der Waals surface area contributed by atoms with Gasteiger partial charge in [-0.05, 0) is 68.4 Å². The summed E-state index contributed by atoms with van der Waals surface area (Å²) < 4.78 is 0. The molecular formula is C35H41ClN4O2. The zero-order valence-electron chi connectivity index (χ0n) is 25.3. The Bertz CT molecular complexity index is 1520. The van der Waals surface area contributed by atoms with Crippen molar-refractivity contribution in [3.63, 3.8) is 0 Å². The fraction of sp³-hybridized carbons (Fsp3) is 0.229. The summed E-state index contributed by atoms with van der Waals surface area (Å²) in [6.45, 7) is 11.1. The summed E-state index contributed by atoms with van der Waals surface area (Å²) in [7, 11) is 2.96. The van der Waals surface area contributed by atoms with E-state index in [1.54, 1.807) is 0 Å². The third-order valence-electron chi connectivity index (χ3n) is 6.29. The molecule has 5 rings (SSSR count). The number of carbonyl (C=O) groups excluding carboxylic acids is 1. The van der Waals surface area contributed by atoms with E-state index in [4.69, 9.17) is 26.5 Å². The van der Waals surface area contributed by atoms with E-state index in [2.05, 4.69) is 97.1 Å². The molecule has 0 spiro atoms. The molecule has 0 aliphatic heterocycles. The van der Waals surface area contributed by atoms with Crippen LogP contribution in [0.3, 0.4) is 0 Å². The van der Waals surface area contributed by atoms with Gasteiger partial charge in [-0.3, -0.25) is 4.98 Å². The minimum Gasteiger partial charge on any atom is -0.400 e. The van der Waals surface area contributed by atoms with Gasteiger partial charge in [-0.15, -0.1) is 0 Å². The Morgan fingerprint density at radius 3 is 2.02 bits per heavy atom. The van der Waals surface area contributed by atoms with Crippen molar-refractivity contribution in [2.24, 2.45) is 0 Å². The van der Waals surface area contributed by atoms with Crippen LogP contribution in [0.15, 0.2) is 97.3 Å². The predicted octanol–water partition coefficient (Wildman–Crippen LogP) is 7.97. The summed E-state index contributed by atoms with van der Waals surface area (Å²) >= 11 is 6.80. The van der Waals surface area contributed by atoms with Crippen molar-refractivity contribution in [3.05, 3.63) is 114 Å². The Kier molecular flexibility index (Phi) is 13.8. The van der Waals surface area contributed by atoms with Gasteiger partial charge in [0, 0.05) is 48.1 Å². The quantitative estimate of drug-likeness (QED) is 0.182. The van der Waals surface area contributed by atoms with Crippen molar-refractivity contribution in [3.8, 4) is 22.3 Å². The standard InChI is InChI=1S/C28H22ClN3.C5H13N.CH4O.CH2O/c1-19-15-22(18-30-16-19)25-24-14-8-13-23(21-11-6-3-7-12-21)26(24)28(32-27(25)29)31-17-20-9-4-2-5-10-20;1-5(2,3)6-4;2*1-2/h2-16,18H,17H2,1H3,(H,31,32);6H,1-4H3;2H,1H3;1H2. The summed E-state index contributed by atoms with van der Waals surface area (Å²) in [6.07, 6.45) is 3.69. The van der Waals surface area contributed by atoms with E-state index >= 15 is 0 Å². The van der Waals surface area contributed by atoms with Crippen molar-refractivity contribution in [2.75, 3.05) is 19.5 Å². The number of aryl methyl sites for hydroxylation is 1. The highest BCUT2D eigenvalue weighted by atomic mass is 35.5. The fourth-order valence-corrected chi connectivity index (χ4v) is 4.37. The fourth-order valence-electron chi connectivity index (χ4n) is 4.07. The van der Waals surface area contributed by atoms with Gasteiger partial charge in [-0.25, -0.2) is 4.98 Å². The molecule has 220 valence electrons. The van der Waals surface area contributed by atoms with Crippen molar-refractivity contribution in [2.45, 2.75) is 39.8 Å². The number of pyridine rings is 2. The molecule has 0 aliphatic rings.